The summed E-state index contributed by atoms with van der Waals surface area (Å²) in [5.41, 5.74) is 5.45. The molecule has 0 bridgehead atoms. The van der Waals surface area contributed by atoms with Gasteiger partial charge in [-0.15, -0.1) is 0 Å². The topological polar surface area (TPSA) is 223 Å². The molecule has 0 fully saturated rings. The maximum absolute atomic E-state index is 12.3. The van der Waals surface area contributed by atoms with E-state index in [4.69, 9.17) is 20.3 Å². The largest absolute Gasteiger partial charge is 0.481 e. The first-order chi connectivity index (χ1) is 24.6. The summed E-state index contributed by atoms with van der Waals surface area (Å²) in [6.45, 7) is 1.26. The van der Waals surface area contributed by atoms with E-state index in [2.05, 4.69) is 16.0 Å². The number of aliphatic carboxylic acids is 2. The van der Waals surface area contributed by atoms with Crippen LogP contribution in [0.2, 0.25) is 0 Å². The first-order valence-corrected chi connectivity index (χ1v) is 19.2. The fraction of sp³-hybridized carbons (Fsp3) is 0.838. The first-order valence-electron chi connectivity index (χ1n) is 19.2. The number of carbonyl (C=O) groups excluding carboxylic acids is 4. The molecule has 0 unspecified atom stereocenters. The highest BCUT2D eigenvalue weighted by molar-refractivity contribution is 5.84. The van der Waals surface area contributed by atoms with E-state index in [1.807, 2.05) is 0 Å². The number of amides is 3. The van der Waals surface area contributed by atoms with Gasteiger partial charge in [0.15, 0.2) is 0 Å². The van der Waals surface area contributed by atoms with Crippen molar-refractivity contribution in [2.75, 3.05) is 39.5 Å². The Labute approximate surface area is 305 Å². The molecule has 51 heavy (non-hydrogen) atoms. The standard InChI is InChI=1S/C37H67N4O10/c38-31(29-42)19-17-18-24-39-35(45)30-51-28-27-50-26-25-40-33(43)23-22-32(37(48)49)41-34(44)20-15-13-11-9-7-5-3-1-2-4-6-8-10-12-14-16-21-36(46)47/h31-32H,1-28,30,38H2,(H,39,45)(H,40,43)(H,41,44)(H,46,47)(H,48,49)/t31-,32-/m0/s1. The maximum Gasteiger partial charge on any atom is 0.326 e. The molecule has 0 aromatic rings. The Hall–Kier alpha value is -3.10. The Kier molecular flexibility index (Phi) is 33.2. The Bertz CT molecular complexity index is 937. The molecule has 0 saturated heterocycles. The van der Waals surface area contributed by atoms with Crippen LogP contribution in [0.3, 0.4) is 0 Å². The van der Waals surface area contributed by atoms with Gasteiger partial charge in [-0.2, -0.15) is 0 Å². The minimum absolute atomic E-state index is 0.00919. The molecule has 0 saturated carbocycles. The third-order valence-electron chi connectivity index (χ3n) is 8.43. The molecule has 295 valence electrons. The van der Waals surface area contributed by atoms with Gasteiger partial charge < -0.3 is 41.4 Å². The highest BCUT2D eigenvalue weighted by Gasteiger charge is 2.20. The highest BCUT2D eigenvalue weighted by Crippen LogP contribution is 2.14. The summed E-state index contributed by atoms with van der Waals surface area (Å²) >= 11 is 0. The molecule has 3 amide bonds. The van der Waals surface area contributed by atoms with E-state index in [0.717, 1.165) is 38.5 Å². The third kappa shape index (κ3) is 35.1. The Balaban J connectivity index is 3.66. The monoisotopic (exact) mass is 727 g/mol. The highest BCUT2D eigenvalue weighted by atomic mass is 16.5. The first kappa shape index (κ1) is 47.9. The Morgan fingerprint density at radius 2 is 1.06 bits per heavy atom. The van der Waals surface area contributed by atoms with Crippen molar-refractivity contribution in [2.45, 2.75) is 160 Å². The van der Waals surface area contributed by atoms with E-state index in [-0.39, 0.29) is 76.4 Å². The van der Waals surface area contributed by atoms with Gasteiger partial charge in [-0.1, -0.05) is 89.9 Å². The van der Waals surface area contributed by atoms with Crippen molar-refractivity contribution < 1.29 is 48.5 Å². The summed E-state index contributed by atoms with van der Waals surface area (Å²) in [7, 11) is 0. The molecule has 0 heterocycles. The van der Waals surface area contributed by atoms with Crippen LogP contribution in [-0.4, -0.2) is 97.8 Å². The van der Waals surface area contributed by atoms with Crippen LogP contribution in [0.25, 0.3) is 0 Å². The second-order valence-electron chi connectivity index (χ2n) is 13.1. The van der Waals surface area contributed by atoms with Gasteiger partial charge in [-0.05, 0) is 38.5 Å². The number of rotatable bonds is 38. The van der Waals surface area contributed by atoms with E-state index in [1.165, 1.54) is 57.8 Å². The summed E-state index contributed by atoms with van der Waals surface area (Å²) in [6.07, 6.45) is 22.1. The molecule has 2 atom stereocenters. The predicted molar refractivity (Wildman–Crippen MR) is 195 cm³/mol. The molecule has 14 heteroatoms. The van der Waals surface area contributed by atoms with Gasteiger partial charge in [0.05, 0.1) is 25.9 Å². The van der Waals surface area contributed by atoms with Gasteiger partial charge in [0.1, 0.15) is 12.6 Å². The van der Waals surface area contributed by atoms with Gasteiger partial charge in [0.2, 0.25) is 24.0 Å². The van der Waals surface area contributed by atoms with Crippen LogP contribution in [0, 0.1) is 0 Å². The average Bonchev–Trinajstić information content (AvgIpc) is 3.09. The third-order valence-corrected chi connectivity index (χ3v) is 8.43. The maximum atomic E-state index is 12.3. The molecule has 0 spiro atoms. The van der Waals surface area contributed by atoms with Gasteiger partial charge in [-0.3, -0.25) is 24.0 Å². The molecule has 0 aliphatic heterocycles. The van der Waals surface area contributed by atoms with Gasteiger partial charge in [0, 0.05) is 32.4 Å². The molecule has 14 nitrogen and oxygen atoms in total. The summed E-state index contributed by atoms with van der Waals surface area (Å²) in [5.74, 6) is -2.78. The van der Waals surface area contributed by atoms with Crippen molar-refractivity contribution in [3.63, 3.8) is 0 Å². The van der Waals surface area contributed by atoms with Crippen LogP contribution >= 0.6 is 0 Å². The summed E-state index contributed by atoms with van der Waals surface area (Å²) < 4.78 is 10.6. The Morgan fingerprint density at radius 3 is 1.59 bits per heavy atom. The molecular formula is C37H67N4O10. The SMILES string of the molecule is N[C@H]([C]=O)CCCCNC(=O)COCCOCCNC(=O)CC[C@H](NC(=O)CCCCCCCCCCCCCCCCCCC(=O)O)C(=O)O. The van der Waals surface area contributed by atoms with Crippen LogP contribution in [0.15, 0.2) is 0 Å². The van der Waals surface area contributed by atoms with E-state index < -0.39 is 24.0 Å². The van der Waals surface area contributed by atoms with Crippen molar-refractivity contribution in [1.82, 2.24) is 16.0 Å². The van der Waals surface area contributed by atoms with E-state index in [1.54, 1.807) is 6.29 Å². The number of nitrogens with one attached hydrogen (secondary N) is 3. The van der Waals surface area contributed by atoms with Crippen LogP contribution in [0.4, 0.5) is 0 Å². The Morgan fingerprint density at radius 1 is 0.549 bits per heavy atom. The van der Waals surface area contributed by atoms with Crippen molar-refractivity contribution in [2.24, 2.45) is 5.73 Å². The fourth-order valence-electron chi connectivity index (χ4n) is 5.40. The molecule has 0 aliphatic rings. The minimum Gasteiger partial charge on any atom is -0.481 e. The number of hydrogen-bond acceptors (Lipinski definition) is 9. The van der Waals surface area contributed by atoms with Gasteiger partial charge in [0.25, 0.3) is 0 Å². The summed E-state index contributed by atoms with van der Waals surface area (Å²) in [5, 5.41) is 26.0. The van der Waals surface area contributed by atoms with Crippen LogP contribution in [0.1, 0.15) is 148 Å². The van der Waals surface area contributed by atoms with Gasteiger partial charge in [-0.25, -0.2) is 4.79 Å². The quantitative estimate of drug-likeness (QED) is 0.0492. The lowest BCUT2D eigenvalue weighted by molar-refractivity contribution is -0.142. The zero-order chi connectivity index (χ0) is 37.8. The van der Waals surface area contributed by atoms with Crippen molar-refractivity contribution >= 4 is 35.9 Å². The molecule has 0 aromatic carbocycles. The number of unbranched alkanes of at least 4 members (excludes halogenated alkanes) is 16. The van der Waals surface area contributed by atoms with Crippen molar-refractivity contribution in [1.29, 1.82) is 0 Å². The van der Waals surface area contributed by atoms with Crippen molar-refractivity contribution in [3.8, 4) is 0 Å². The number of ether oxygens (including phenoxy) is 2. The molecule has 1 radical (unpaired) electrons. The number of nitrogens with two attached hydrogens (primary N) is 1. The van der Waals surface area contributed by atoms with Crippen LogP contribution in [-0.2, 0) is 38.2 Å². The number of hydrogen-bond donors (Lipinski definition) is 6. The molecule has 0 aromatic heterocycles. The lowest BCUT2D eigenvalue weighted by Gasteiger charge is -2.14. The molecule has 0 aliphatic carbocycles. The second kappa shape index (κ2) is 35.3. The van der Waals surface area contributed by atoms with Crippen LogP contribution < -0.4 is 21.7 Å². The number of carboxylic acid groups (broad SMARTS) is 2. The zero-order valence-corrected chi connectivity index (χ0v) is 30.9. The molecular weight excluding hydrogens is 660 g/mol. The predicted octanol–water partition coefficient (Wildman–Crippen LogP) is 4.32. The normalized spacial score (nSPS) is 12.2. The number of carboxylic acids is 2. The zero-order valence-electron chi connectivity index (χ0n) is 30.9. The molecule has 7 N–H and O–H groups in total. The number of carbonyl (C=O) groups is 5. The van der Waals surface area contributed by atoms with Crippen LogP contribution in [0.5, 0.6) is 0 Å². The van der Waals surface area contributed by atoms with Crippen molar-refractivity contribution in [3.05, 3.63) is 0 Å². The smallest absolute Gasteiger partial charge is 0.326 e. The lowest BCUT2D eigenvalue weighted by Crippen LogP contribution is -2.41. The summed E-state index contributed by atoms with van der Waals surface area (Å²) in [4.78, 5) is 68.5. The van der Waals surface area contributed by atoms with E-state index >= 15 is 0 Å². The van der Waals surface area contributed by atoms with E-state index in [9.17, 15) is 33.9 Å². The fourth-order valence-corrected chi connectivity index (χ4v) is 5.40. The average molecular weight is 728 g/mol. The summed E-state index contributed by atoms with van der Waals surface area (Å²) in [6, 6.07) is -1.71. The minimum atomic E-state index is -1.17. The lowest BCUT2D eigenvalue weighted by atomic mass is 10.0. The van der Waals surface area contributed by atoms with Gasteiger partial charge >= 0.3 is 11.9 Å². The van der Waals surface area contributed by atoms with E-state index in [0.29, 0.717) is 32.2 Å². The second-order valence-corrected chi connectivity index (χ2v) is 13.1. The molecule has 0 rings (SSSR count).